The number of carbonyl (C=O) groups is 1. The molecule has 8 heteroatoms. The van der Waals surface area contributed by atoms with Crippen molar-refractivity contribution >= 4 is 39.9 Å². The molecular formula is C23H27ClN4O3. The lowest BCUT2D eigenvalue weighted by atomic mass is 9.93. The van der Waals surface area contributed by atoms with Crippen LogP contribution >= 0.6 is 11.6 Å². The van der Waals surface area contributed by atoms with E-state index in [1.54, 1.807) is 14.2 Å². The number of carbonyl (C=O) groups excluding carboxylic acids is 1. The van der Waals surface area contributed by atoms with E-state index in [1.807, 2.05) is 24.3 Å². The maximum atomic E-state index is 11.8. The van der Waals surface area contributed by atoms with Crippen molar-refractivity contribution < 1.29 is 14.3 Å². The van der Waals surface area contributed by atoms with Gasteiger partial charge in [0.1, 0.15) is 23.6 Å². The second-order valence-electron chi connectivity index (χ2n) is 7.30. The topological polar surface area (TPSA) is 85.4 Å². The first-order valence-corrected chi connectivity index (χ1v) is 10.5. The van der Waals surface area contributed by atoms with Crippen LogP contribution in [0.1, 0.15) is 44.2 Å². The van der Waals surface area contributed by atoms with Gasteiger partial charge in [0.05, 0.1) is 30.4 Å². The highest BCUT2D eigenvalue weighted by Gasteiger charge is 2.22. The maximum absolute atomic E-state index is 11.8. The largest absolute Gasteiger partial charge is 0.495 e. The number of amides is 1. The van der Waals surface area contributed by atoms with Crippen molar-refractivity contribution in [1.29, 1.82) is 0 Å². The van der Waals surface area contributed by atoms with Crippen molar-refractivity contribution in [2.45, 2.75) is 39.7 Å². The number of hydrogen-bond donors (Lipinski definition) is 2. The molecule has 0 radical (unpaired) electrons. The third-order valence-corrected chi connectivity index (χ3v) is 5.51. The van der Waals surface area contributed by atoms with E-state index in [1.165, 1.54) is 13.3 Å². The molecule has 0 fully saturated rings. The fourth-order valence-corrected chi connectivity index (χ4v) is 3.80. The van der Waals surface area contributed by atoms with E-state index in [0.717, 1.165) is 28.5 Å². The van der Waals surface area contributed by atoms with Gasteiger partial charge in [0, 0.05) is 24.4 Å². The summed E-state index contributed by atoms with van der Waals surface area (Å²) in [6, 6.07) is 7.48. The van der Waals surface area contributed by atoms with Gasteiger partial charge >= 0.3 is 0 Å². The van der Waals surface area contributed by atoms with Gasteiger partial charge in [0.25, 0.3) is 0 Å². The van der Waals surface area contributed by atoms with Crippen LogP contribution in [-0.4, -0.2) is 30.1 Å². The predicted molar refractivity (Wildman–Crippen MR) is 124 cm³/mol. The first kappa shape index (κ1) is 22.6. The molecule has 2 N–H and O–H groups in total. The van der Waals surface area contributed by atoms with Gasteiger partial charge in [0.2, 0.25) is 5.91 Å². The number of nitrogens with zero attached hydrogens (tertiary/aromatic N) is 2. The van der Waals surface area contributed by atoms with E-state index in [0.29, 0.717) is 34.6 Å². The summed E-state index contributed by atoms with van der Waals surface area (Å²) in [7, 11) is 3.19. The predicted octanol–water partition coefficient (Wildman–Crippen LogP) is 5.38. The Kier molecular flexibility index (Phi) is 7.17. The van der Waals surface area contributed by atoms with Crippen LogP contribution < -0.4 is 20.1 Å². The molecule has 1 heterocycles. The Labute approximate surface area is 187 Å². The number of methoxy groups -OCH3 is 2. The third kappa shape index (κ3) is 4.82. The van der Waals surface area contributed by atoms with Crippen molar-refractivity contribution in [1.82, 2.24) is 9.97 Å². The summed E-state index contributed by atoms with van der Waals surface area (Å²) in [5.41, 5.74) is 3.33. The molecule has 2 aromatic carbocycles. The van der Waals surface area contributed by atoms with E-state index in [-0.39, 0.29) is 11.8 Å². The highest BCUT2D eigenvalue weighted by atomic mass is 35.5. The van der Waals surface area contributed by atoms with Crippen molar-refractivity contribution in [2.75, 3.05) is 24.9 Å². The lowest BCUT2D eigenvalue weighted by Gasteiger charge is -2.21. The van der Waals surface area contributed by atoms with Crippen LogP contribution in [0.15, 0.2) is 30.6 Å². The Morgan fingerprint density at radius 1 is 1.19 bits per heavy atom. The molecule has 3 rings (SSSR count). The summed E-state index contributed by atoms with van der Waals surface area (Å²) in [5, 5.41) is 7.60. The van der Waals surface area contributed by atoms with Gasteiger partial charge in [-0.15, -0.1) is 0 Å². The smallest absolute Gasteiger partial charge is 0.221 e. The molecular weight excluding hydrogens is 416 g/mol. The quantitative estimate of drug-likeness (QED) is 0.486. The Morgan fingerprint density at radius 2 is 1.97 bits per heavy atom. The number of anilines is 2. The molecule has 0 bridgehead atoms. The van der Waals surface area contributed by atoms with Gasteiger partial charge in [-0.05, 0) is 36.1 Å². The molecule has 0 aliphatic heterocycles. The van der Waals surface area contributed by atoms with E-state index in [9.17, 15) is 4.79 Å². The fourth-order valence-electron chi connectivity index (χ4n) is 3.52. The Hall–Kier alpha value is -3.06. The van der Waals surface area contributed by atoms with Gasteiger partial charge in [-0.3, -0.25) is 4.79 Å². The van der Waals surface area contributed by atoms with E-state index >= 15 is 0 Å². The summed E-state index contributed by atoms with van der Waals surface area (Å²) in [6.45, 7) is 6.20. The molecule has 1 unspecified atom stereocenters. The molecule has 0 aliphatic rings. The van der Waals surface area contributed by atoms with Gasteiger partial charge in [-0.1, -0.05) is 31.5 Å². The summed E-state index contributed by atoms with van der Waals surface area (Å²) in [4.78, 5) is 20.8. The van der Waals surface area contributed by atoms with Crippen LogP contribution in [0.25, 0.3) is 10.9 Å². The maximum Gasteiger partial charge on any atom is 0.221 e. The summed E-state index contributed by atoms with van der Waals surface area (Å²) in [6.07, 6.45) is 2.43. The molecule has 1 atom stereocenters. The third-order valence-electron chi connectivity index (χ3n) is 5.21. The molecule has 1 amide bonds. The number of halogens is 1. The molecule has 1 aromatic heterocycles. The van der Waals surface area contributed by atoms with Crippen LogP contribution in [0.2, 0.25) is 5.02 Å². The lowest BCUT2D eigenvalue weighted by Crippen LogP contribution is -2.11. The second kappa shape index (κ2) is 9.83. The van der Waals surface area contributed by atoms with Crippen molar-refractivity contribution in [3.63, 3.8) is 0 Å². The summed E-state index contributed by atoms with van der Waals surface area (Å²) < 4.78 is 10.9. The zero-order valence-corrected chi connectivity index (χ0v) is 19.1. The van der Waals surface area contributed by atoms with Crippen molar-refractivity contribution in [3.8, 4) is 11.5 Å². The van der Waals surface area contributed by atoms with Gasteiger partial charge in [-0.25, -0.2) is 9.97 Å². The Bertz CT molecular complexity index is 1100. The zero-order valence-electron chi connectivity index (χ0n) is 18.4. The van der Waals surface area contributed by atoms with Gasteiger partial charge < -0.3 is 20.1 Å². The second-order valence-corrected chi connectivity index (χ2v) is 7.71. The molecule has 0 saturated heterocycles. The number of hydrogen-bond acceptors (Lipinski definition) is 6. The number of aromatic nitrogens is 2. The molecule has 3 aromatic rings. The average molecular weight is 443 g/mol. The number of rotatable bonds is 8. The van der Waals surface area contributed by atoms with Crippen LogP contribution in [0.3, 0.4) is 0 Å². The zero-order chi connectivity index (χ0) is 22.5. The first-order valence-electron chi connectivity index (χ1n) is 10.1. The number of ether oxygens (including phenoxy) is 2. The van der Waals surface area contributed by atoms with E-state index in [4.69, 9.17) is 21.1 Å². The van der Waals surface area contributed by atoms with Crippen LogP contribution in [0, 0.1) is 0 Å². The van der Waals surface area contributed by atoms with E-state index in [2.05, 4.69) is 34.4 Å². The fraction of sp³-hybridized carbons (Fsp3) is 0.348. The SMILES string of the molecule is CCC(C)c1c(OC)c(NC(C)=O)cc2c(NCc3ccc(OC)c(Cl)c3)ncnc12. The summed E-state index contributed by atoms with van der Waals surface area (Å²) in [5.74, 6) is 1.92. The van der Waals surface area contributed by atoms with Crippen LogP contribution in [-0.2, 0) is 11.3 Å². The minimum absolute atomic E-state index is 0.174. The van der Waals surface area contributed by atoms with Crippen LogP contribution in [0.5, 0.6) is 11.5 Å². The monoisotopic (exact) mass is 442 g/mol. The lowest BCUT2D eigenvalue weighted by molar-refractivity contribution is -0.114. The van der Waals surface area contributed by atoms with Crippen LogP contribution in [0.4, 0.5) is 11.5 Å². The molecule has 0 saturated carbocycles. The number of benzene rings is 2. The molecule has 0 aliphatic carbocycles. The van der Waals surface area contributed by atoms with Crippen molar-refractivity contribution in [2.24, 2.45) is 0 Å². The Morgan fingerprint density at radius 3 is 2.58 bits per heavy atom. The molecule has 31 heavy (non-hydrogen) atoms. The normalized spacial score (nSPS) is 11.8. The minimum atomic E-state index is -0.174. The highest BCUT2D eigenvalue weighted by Crippen LogP contribution is 2.42. The first-order chi connectivity index (χ1) is 14.9. The van der Waals surface area contributed by atoms with Gasteiger partial charge in [0.15, 0.2) is 0 Å². The molecule has 164 valence electrons. The molecule has 7 nitrogen and oxygen atoms in total. The summed E-state index contributed by atoms with van der Waals surface area (Å²) >= 11 is 6.25. The van der Waals surface area contributed by atoms with Gasteiger partial charge in [-0.2, -0.15) is 0 Å². The highest BCUT2D eigenvalue weighted by molar-refractivity contribution is 6.32. The Balaban J connectivity index is 2.08. The average Bonchev–Trinajstić information content (AvgIpc) is 2.75. The van der Waals surface area contributed by atoms with E-state index < -0.39 is 0 Å². The number of nitrogens with one attached hydrogen (secondary N) is 2. The number of fused-ring (bicyclic) bond motifs is 1. The standard InChI is InChI=1S/C23H27ClN4O3/c1-6-13(2)20-21-16(10-18(22(20)31-5)28-14(3)29)23(27-12-26-21)25-11-15-7-8-19(30-4)17(24)9-15/h7-10,12-13H,6,11H2,1-5H3,(H,28,29)(H,25,26,27). The molecule has 0 spiro atoms. The minimum Gasteiger partial charge on any atom is -0.495 e. The van der Waals surface area contributed by atoms with Crippen molar-refractivity contribution in [3.05, 3.63) is 46.7 Å².